The molecular weight excluding hydrogens is 334 g/mol. The first-order valence-corrected chi connectivity index (χ1v) is 7.88. The minimum Gasteiger partial charge on any atom is -0.443 e. The van der Waals surface area contributed by atoms with E-state index in [1.165, 1.54) is 4.90 Å². The molecule has 0 saturated carbocycles. The molecule has 4 nitrogen and oxygen atoms in total. The number of benzene rings is 1. The third kappa shape index (κ3) is 4.06. The monoisotopic (exact) mass is 353 g/mol. The molecule has 1 fully saturated rings. The highest BCUT2D eigenvalue weighted by Crippen LogP contribution is 2.33. The Morgan fingerprint density at radius 1 is 1.29 bits per heavy atom. The highest BCUT2D eigenvalue weighted by atomic mass is 79.9. The molecule has 0 unspecified atom stereocenters. The van der Waals surface area contributed by atoms with Crippen molar-refractivity contribution in [3.63, 3.8) is 0 Å². The first kappa shape index (κ1) is 16.0. The quantitative estimate of drug-likeness (QED) is 0.749. The van der Waals surface area contributed by atoms with Gasteiger partial charge in [0.15, 0.2) is 0 Å². The van der Waals surface area contributed by atoms with Gasteiger partial charge in [0, 0.05) is 10.9 Å². The van der Waals surface area contributed by atoms with Crippen molar-refractivity contribution in [1.82, 2.24) is 4.90 Å². The predicted molar refractivity (Wildman–Crippen MR) is 83.8 cm³/mol. The van der Waals surface area contributed by atoms with Crippen LogP contribution in [0.25, 0.3) is 0 Å². The maximum atomic E-state index is 12.3. The Morgan fingerprint density at radius 3 is 2.48 bits per heavy atom. The number of carbonyl (C=O) groups is 2. The lowest BCUT2D eigenvalue weighted by atomic mass is 9.95. The molecule has 1 aromatic carbocycles. The van der Waals surface area contributed by atoms with Gasteiger partial charge in [-0.15, -0.1) is 0 Å². The second kappa shape index (κ2) is 6.18. The summed E-state index contributed by atoms with van der Waals surface area (Å²) >= 11 is 3.39. The molecular formula is C16H20BrNO3. The molecule has 1 aliphatic rings. The number of halogens is 1. The number of carbonyl (C=O) groups excluding carboxylic acids is 2. The van der Waals surface area contributed by atoms with Gasteiger partial charge in [-0.05, 0) is 51.3 Å². The first-order chi connectivity index (χ1) is 9.78. The van der Waals surface area contributed by atoms with E-state index in [1.807, 2.05) is 24.3 Å². The summed E-state index contributed by atoms with van der Waals surface area (Å²) in [6.45, 7) is 5.40. The molecule has 1 saturated heterocycles. The molecule has 0 radical (unpaired) electrons. The fraction of sp³-hybridized carbons (Fsp3) is 0.500. The average Bonchev–Trinajstić information content (AvgIpc) is 2.37. The van der Waals surface area contributed by atoms with E-state index in [2.05, 4.69) is 15.9 Å². The number of hydrogen-bond donors (Lipinski definition) is 0. The second-order valence-electron chi connectivity index (χ2n) is 6.20. The van der Waals surface area contributed by atoms with Crippen LogP contribution < -0.4 is 0 Å². The number of rotatable bonds is 1. The van der Waals surface area contributed by atoms with Crippen molar-refractivity contribution >= 4 is 27.9 Å². The Hall–Kier alpha value is -1.36. The lowest BCUT2D eigenvalue weighted by Gasteiger charge is -2.35. The van der Waals surface area contributed by atoms with Gasteiger partial charge in [-0.3, -0.25) is 4.79 Å². The molecule has 0 N–H and O–H groups in total. The Morgan fingerprint density at radius 2 is 1.90 bits per heavy atom. The zero-order valence-corrected chi connectivity index (χ0v) is 14.1. The highest BCUT2D eigenvalue weighted by molar-refractivity contribution is 9.10. The predicted octanol–water partition coefficient (Wildman–Crippen LogP) is 4.44. The molecule has 2 amide bonds. The second-order valence-corrected chi connectivity index (χ2v) is 7.12. The van der Waals surface area contributed by atoms with E-state index >= 15 is 0 Å². The number of ether oxygens (including phenoxy) is 1. The van der Waals surface area contributed by atoms with Crippen molar-refractivity contribution in [3.05, 3.63) is 34.3 Å². The van der Waals surface area contributed by atoms with Crippen molar-refractivity contribution in [1.29, 1.82) is 0 Å². The van der Waals surface area contributed by atoms with Gasteiger partial charge in [-0.1, -0.05) is 28.1 Å². The van der Waals surface area contributed by atoms with E-state index in [0.717, 1.165) is 22.9 Å². The molecule has 2 rings (SSSR count). The minimum absolute atomic E-state index is 0.164. The molecule has 0 aliphatic carbocycles. The summed E-state index contributed by atoms with van der Waals surface area (Å²) in [5.41, 5.74) is 0.344. The highest BCUT2D eigenvalue weighted by Gasteiger charge is 2.36. The van der Waals surface area contributed by atoms with Crippen molar-refractivity contribution in [3.8, 4) is 0 Å². The molecule has 1 atom stereocenters. The van der Waals surface area contributed by atoms with Crippen LogP contribution in [-0.2, 0) is 9.53 Å². The minimum atomic E-state index is -0.612. The van der Waals surface area contributed by atoms with E-state index < -0.39 is 11.7 Å². The van der Waals surface area contributed by atoms with Crippen LogP contribution in [0, 0.1) is 0 Å². The van der Waals surface area contributed by atoms with E-state index in [9.17, 15) is 9.59 Å². The van der Waals surface area contributed by atoms with E-state index in [-0.39, 0.29) is 11.9 Å². The van der Waals surface area contributed by atoms with E-state index in [4.69, 9.17) is 4.74 Å². The normalized spacial score (nSPS) is 19.5. The topological polar surface area (TPSA) is 46.6 Å². The van der Waals surface area contributed by atoms with Crippen LogP contribution in [0.5, 0.6) is 0 Å². The SMILES string of the molecule is CC(C)(C)OC(=O)N1C(=O)CCC[C@@H]1c1ccc(Br)cc1. The molecule has 0 aromatic heterocycles. The number of imide groups is 1. The maximum Gasteiger partial charge on any atom is 0.417 e. The van der Waals surface area contributed by atoms with Crippen LogP contribution in [0.2, 0.25) is 0 Å². The number of amides is 2. The van der Waals surface area contributed by atoms with Crippen LogP contribution in [0.1, 0.15) is 51.6 Å². The van der Waals surface area contributed by atoms with Crippen LogP contribution in [0.4, 0.5) is 4.79 Å². The largest absolute Gasteiger partial charge is 0.443 e. The summed E-state index contributed by atoms with van der Waals surface area (Å²) in [5, 5.41) is 0. The smallest absolute Gasteiger partial charge is 0.417 e. The van der Waals surface area contributed by atoms with Crippen LogP contribution in [-0.4, -0.2) is 22.5 Å². The van der Waals surface area contributed by atoms with Gasteiger partial charge < -0.3 is 4.74 Å². The van der Waals surface area contributed by atoms with Crippen molar-refractivity contribution < 1.29 is 14.3 Å². The number of piperidine rings is 1. The summed E-state index contributed by atoms with van der Waals surface area (Å²) in [7, 11) is 0. The van der Waals surface area contributed by atoms with E-state index in [0.29, 0.717) is 6.42 Å². The van der Waals surface area contributed by atoms with Crippen molar-refractivity contribution in [2.24, 2.45) is 0 Å². The Balaban J connectivity index is 2.27. The summed E-state index contributed by atoms with van der Waals surface area (Å²) < 4.78 is 6.35. The zero-order chi connectivity index (χ0) is 15.6. The fourth-order valence-electron chi connectivity index (χ4n) is 2.41. The number of likely N-dealkylation sites (tertiary alicyclic amines) is 1. The summed E-state index contributed by atoms with van der Waals surface area (Å²) in [4.78, 5) is 25.8. The van der Waals surface area contributed by atoms with Crippen LogP contribution in [0.15, 0.2) is 28.7 Å². The van der Waals surface area contributed by atoms with Gasteiger partial charge in [-0.25, -0.2) is 9.69 Å². The van der Waals surface area contributed by atoms with Crippen LogP contribution >= 0.6 is 15.9 Å². The molecule has 114 valence electrons. The van der Waals surface area contributed by atoms with Gasteiger partial charge in [0.2, 0.25) is 5.91 Å². The third-order valence-electron chi connectivity index (χ3n) is 3.29. The third-order valence-corrected chi connectivity index (χ3v) is 3.82. The zero-order valence-electron chi connectivity index (χ0n) is 12.6. The number of nitrogens with zero attached hydrogens (tertiary/aromatic N) is 1. The van der Waals surface area contributed by atoms with Crippen molar-refractivity contribution in [2.75, 3.05) is 0 Å². The standard InChI is InChI=1S/C16H20BrNO3/c1-16(2,3)21-15(20)18-13(5-4-6-14(18)19)11-7-9-12(17)10-8-11/h7-10,13H,4-6H2,1-3H3/t13-/m1/s1. The number of hydrogen-bond acceptors (Lipinski definition) is 3. The van der Waals surface area contributed by atoms with Gasteiger partial charge in [0.05, 0.1) is 6.04 Å². The molecule has 0 bridgehead atoms. The molecule has 0 spiro atoms. The van der Waals surface area contributed by atoms with Crippen LogP contribution in [0.3, 0.4) is 0 Å². The molecule has 1 aliphatic heterocycles. The maximum absolute atomic E-state index is 12.3. The Labute approximate surface area is 133 Å². The molecule has 5 heteroatoms. The fourth-order valence-corrected chi connectivity index (χ4v) is 2.68. The van der Waals surface area contributed by atoms with Gasteiger partial charge in [0.1, 0.15) is 5.60 Å². The molecule has 1 aromatic rings. The Kier molecular flexibility index (Phi) is 4.71. The summed E-state index contributed by atoms with van der Waals surface area (Å²) in [6, 6.07) is 7.47. The van der Waals surface area contributed by atoms with Gasteiger partial charge >= 0.3 is 6.09 Å². The van der Waals surface area contributed by atoms with Gasteiger partial charge in [0.25, 0.3) is 0 Å². The summed E-state index contributed by atoms with van der Waals surface area (Å²) in [5.74, 6) is -0.164. The molecule has 1 heterocycles. The molecule has 21 heavy (non-hydrogen) atoms. The van der Waals surface area contributed by atoms with E-state index in [1.54, 1.807) is 20.8 Å². The first-order valence-electron chi connectivity index (χ1n) is 7.08. The van der Waals surface area contributed by atoms with Gasteiger partial charge in [-0.2, -0.15) is 0 Å². The lowest BCUT2D eigenvalue weighted by Crippen LogP contribution is -2.45. The van der Waals surface area contributed by atoms with Crippen molar-refractivity contribution in [2.45, 2.75) is 51.7 Å². The Bertz CT molecular complexity index is 533. The summed E-state index contributed by atoms with van der Waals surface area (Å²) in [6.07, 6.45) is 1.40. The lowest BCUT2D eigenvalue weighted by molar-refractivity contribution is -0.135. The average molecular weight is 354 g/mol.